The Kier molecular flexibility index (Phi) is 13.5. The van der Waals surface area contributed by atoms with Crippen LogP contribution in [0.4, 0.5) is 0 Å². The highest BCUT2D eigenvalue weighted by Crippen LogP contribution is 2.42. The second-order valence-corrected chi connectivity index (χ2v) is 19.6. The van der Waals surface area contributed by atoms with Crippen molar-refractivity contribution < 1.29 is 13.7 Å². The minimum absolute atomic E-state index is 0.948. The number of aromatic nitrogens is 3. The molecule has 0 N–H and O–H groups in total. The summed E-state index contributed by atoms with van der Waals surface area (Å²) < 4.78 is 6.67. The van der Waals surface area contributed by atoms with E-state index in [2.05, 4.69) is 275 Å². The van der Waals surface area contributed by atoms with Gasteiger partial charge in [-0.25, -0.2) is 13.7 Å². The third-order valence-corrected chi connectivity index (χ3v) is 14.5. The molecular weight excluding hydrogens is 859 g/mol. The van der Waals surface area contributed by atoms with Gasteiger partial charge in [-0.2, -0.15) is 0 Å². The Hall–Kier alpha value is -8.01. The molecule has 10 rings (SSSR count). The lowest BCUT2D eigenvalue weighted by Crippen LogP contribution is -2.31. The van der Waals surface area contributed by atoms with Crippen LogP contribution < -0.4 is 13.7 Å². The van der Waals surface area contributed by atoms with E-state index in [1.165, 1.54) is 123 Å². The van der Waals surface area contributed by atoms with E-state index in [1.54, 1.807) is 0 Å². The molecule has 0 atom stereocenters. The van der Waals surface area contributed by atoms with Gasteiger partial charge in [0, 0.05) is 52.6 Å². The monoisotopic (exact) mass is 923 g/mol. The maximum absolute atomic E-state index is 2.47. The molecule has 0 radical (unpaired) electrons. The Bertz CT molecular complexity index is 3430. The Morgan fingerprint density at radius 2 is 0.775 bits per heavy atom. The average molecular weight is 923 g/mol. The number of hydrogen-bond donors (Lipinski definition) is 0. The van der Waals surface area contributed by atoms with E-state index >= 15 is 0 Å². The number of aryl methyl sites for hydroxylation is 11. The molecule has 0 saturated carbocycles. The summed E-state index contributed by atoms with van der Waals surface area (Å²) in [4.78, 5) is 0. The van der Waals surface area contributed by atoms with E-state index in [9.17, 15) is 0 Å². The van der Waals surface area contributed by atoms with Gasteiger partial charge in [0.15, 0.2) is 18.6 Å². The molecule has 0 aliphatic carbocycles. The Morgan fingerprint density at radius 3 is 1.34 bits per heavy atom. The molecule has 7 aromatic carbocycles. The largest absolute Gasteiger partial charge is 0.212 e. The first-order valence-corrected chi connectivity index (χ1v) is 25.2. The molecule has 10 aromatic rings. The smallest absolute Gasteiger partial charge is 0.201 e. The number of nitrogens with zero attached hydrogens (tertiary/aromatic N) is 3. The summed E-state index contributed by atoms with van der Waals surface area (Å²) >= 11 is 0. The van der Waals surface area contributed by atoms with Gasteiger partial charge < -0.3 is 0 Å². The number of benzene rings is 7. The van der Waals surface area contributed by atoms with Crippen LogP contribution in [-0.2, 0) is 46.8 Å². The van der Waals surface area contributed by atoms with Gasteiger partial charge in [-0.1, -0.05) is 121 Å². The zero-order valence-electron chi connectivity index (χ0n) is 42.4. The molecule has 3 nitrogen and oxygen atoms in total. The highest BCUT2D eigenvalue weighted by Gasteiger charge is 2.21. The molecule has 0 saturated heterocycles. The molecule has 0 bridgehead atoms. The third kappa shape index (κ3) is 10.2. The summed E-state index contributed by atoms with van der Waals surface area (Å²) in [5, 5.41) is 0. The highest BCUT2D eigenvalue weighted by atomic mass is 14.9. The van der Waals surface area contributed by atoms with Gasteiger partial charge in [0.25, 0.3) is 0 Å². The van der Waals surface area contributed by atoms with Crippen LogP contribution in [0.5, 0.6) is 0 Å². The molecule has 0 fully saturated rings. The standard InChI is InChI=1S/C68H64N3/c1-47-23-36-68(71(7)46-47)63-45-64(57-32-30-56(31-33-57)55-17-9-8-10-18-55)65(41-50(63)4)62-20-12-11-19-61(62)58-43-53(26-24-51-28-34-59(48(2)39-51)66-21-13-15-37-69(66)5)42-54(44-58)27-25-52-29-35-60(49(3)40-52)67-22-14-16-38-70(67)6/h8-23,28-46H,24-27H2,1-7H3/q+3. The second-order valence-electron chi connectivity index (χ2n) is 19.6. The van der Waals surface area contributed by atoms with Gasteiger partial charge in [0.05, 0.1) is 0 Å². The van der Waals surface area contributed by atoms with E-state index in [4.69, 9.17) is 0 Å². The van der Waals surface area contributed by atoms with Crippen LogP contribution in [0.1, 0.15) is 44.5 Å². The Labute approximate surface area is 421 Å². The van der Waals surface area contributed by atoms with Crippen molar-refractivity contribution in [2.24, 2.45) is 21.1 Å². The fourth-order valence-electron chi connectivity index (χ4n) is 10.6. The van der Waals surface area contributed by atoms with E-state index in [0.29, 0.717) is 0 Å². The molecule has 348 valence electrons. The summed E-state index contributed by atoms with van der Waals surface area (Å²) in [6.07, 6.45) is 10.3. The summed E-state index contributed by atoms with van der Waals surface area (Å²) in [6.45, 7) is 8.92. The molecule has 71 heavy (non-hydrogen) atoms. The van der Waals surface area contributed by atoms with Gasteiger partial charge in [-0.3, -0.25) is 0 Å². The maximum atomic E-state index is 2.47. The predicted octanol–water partition coefficient (Wildman–Crippen LogP) is 14.6. The molecule has 0 spiro atoms. The van der Waals surface area contributed by atoms with Gasteiger partial charge in [-0.05, 0) is 179 Å². The first kappa shape index (κ1) is 46.7. The quantitative estimate of drug-likeness (QED) is 0.102. The Morgan fingerprint density at radius 1 is 0.282 bits per heavy atom. The lowest BCUT2D eigenvalue weighted by Gasteiger charge is -2.19. The molecular formula is C68H64N3+3. The minimum Gasteiger partial charge on any atom is -0.201 e. The van der Waals surface area contributed by atoms with Crippen LogP contribution >= 0.6 is 0 Å². The van der Waals surface area contributed by atoms with E-state index in [1.807, 2.05) is 0 Å². The van der Waals surface area contributed by atoms with Crippen LogP contribution in [0, 0.1) is 27.7 Å². The topological polar surface area (TPSA) is 11.6 Å². The summed E-state index contributed by atoms with van der Waals surface area (Å²) in [5.74, 6) is 0. The molecule has 3 heteroatoms. The number of pyridine rings is 3. The van der Waals surface area contributed by atoms with Crippen molar-refractivity contribution >= 4 is 0 Å². The average Bonchev–Trinajstić information content (AvgIpc) is 3.38. The van der Waals surface area contributed by atoms with Crippen molar-refractivity contribution in [3.8, 4) is 78.3 Å². The summed E-state index contributed by atoms with van der Waals surface area (Å²) in [6, 6.07) is 72.5. The number of rotatable bonds is 13. The van der Waals surface area contributed by atoms with Crippen molar-refractivity contribution in [3.63, 3.8) is 0 Å². The van der Waals surface area contributed by atoms with Crippen LogP contribution in [-0.4, -0.2) is 0 Å². The molecule has 0 aliphatic heterocycles. The van der Waals surface area contributed by atoms with Crippen molar-refractivity contribution in [1.82, 2.24) is 0 Å². The molecule has 3 aromatic heterocycles. The summed E-state index contributed by atoms with van der Waals surface area (Å²) in [7, 11) is 6.40. The van der Waals surface area contributed by atoms with Crippen molar-refractivity contribution in [2.45, 2.75) is 53.4 Å². The zero-order chi connectivity index (χ0) is 49.0. The molecule has 0 unspecified atom stereocenters. The normalized spacial score (nSPS) is 11.3. The van der Waals surface area contributed by atoms with Crippen molar-refractivity contribution in [3.05, 3.63) is 257 Å². The highest BCUT2D eigenvalue weighted by molar-refractivity contribution is 5.94. The second kappa shape index (κ2) is 20.5. The van der Waals surface area contributed by atoms with Gasteiger partial charge in [0.1, 0.15) is 21.1 Å². The van der Waals surface area contributed by atoms with Gasteiger partial charge in [0.2, 0.25) is 17.1 Å². The fraction of sp³-hybridized carbons (Fsp3) is 0.162. The van der Waals surface area contributed by atoms with Crippen LogP contribution in [0.15, 0.2) is 213 Å². The van der Waals surface area contributed by atoms with E-state index < -0.39 is 0 Å². The van der Waals surface area contributed by atoms with Crippen LogP contribution in [0.2, 0.25) is 0 Å². The van der Waals surface area contributed by atoms with Crippen molar-refractivity contribution in [1.29, 1.82) is 0 Å². The van der Waals surface area contributed by atoms with Crippen LogP contribution in [0.25, 0.3) is 78.3 Å². The summed E-state index contributed by atoms with van der Waals surface area (Å²) in [5.41, 5.74) is 27.8. The lowest BCUT2D eigenvalue weighted by atomic mass is 9.85. The Balaban J connectivity index is 1.05. The van der Waals surface area contributed by atoms with Gasteiger partial charge >= 0.3 is 0 Å². The SMILES string of the molecule is Cc1ccc(-c2cc(-c3ccc(-c4ccccc4)cc3)c(-c3ccccc3-c3cc(CCc4ccc(-c5cccc[n+]5C)c(C)c4)cc(CCc4ccc(-c5cccc[n+]5C)c(C)c4)c3)cc2C)[n+](C)c1. The number of hydrogen-bond acceptors (Lipinski definition) is 0. The van der Waals surface area contributed by atoms with E-state index in [-0.39, 0.29) is 0 Å². The third-order valence-electron chi connectivity index (χ3n) is 14.5. The first-order chi connectivity index (χ1) is 34.6. The molecule has 0 aliphatic rings. The fourth-order valence-corrected chi connectivity index (χ4v) is 10.6. The predicted molar refractivity (Wildman–Crippen MR) is 295 cm³/mol. The van der Waals surface area contributed by atoms with E-state index in [0.717, 1.165) is 25.7 Å². The zero-order valence-corrected chi connectivity index (χ0v) is 42.4. The maximum Gasteiger partial charge on any atom is 0.212 e. The van der Waals surface area contributed by atoms with Gasteiger partial charge in [-0.15, -0.1) is 0 Å². The minimum atomic E-state index is 0.948. The molecule has 0 amide bonds. The van der Waals surface area contributed by atoms with Crippen molar-refractivity contribution in [2.75, 3.05) is 0 Å². The first-order valence-electron chi connectivity index (χ1n) is 25.2. The lowest BCUT2D eigenvalue weighted by molar-refractivity contribution is -0.660. The van der Waals surface area contributed by atoms with Crippen LogP contribution in [0.3, 0.4) is 0 Å². The molecule has 3 heterocycles.